The summed E-state index contributed by atoms with van der Waals surface area (Å²) in [6, 6.07) is 8.34. The third-order valence-corrected chi connectivity index (χ3v) is 3.42. The first kappa shape index (κ1) is 12.8. The van der Waals surface area contributed by atoms with Crippen LogP contribution < -0.4 is 4.90 Å². The minimum absolute atomic E-state index is 0.214. The first-order valence-electron chi connectivity index (χ1n) is 6.92. The second-order valence-electron chi connectivity index (χ2n) is 4.92. The summed E-state index contributed by atoms with van der Waals surface area (Å²) < 4.78 is 5.06. The monoisotopic (exact) mass is 271 g/mol. The van der Waals surface area contributed by atoms with Crippen molar-refractivity contribution in [2.75, 3.05) is 18.1 Å². The fourth-order valence-electron chi connectivity index (χ4n) is 2.33. The minimum atomic E-state index is -0.214. The van der Waals surface area contributed by atoms with Gasteiger partial charge >= 0.3 is 5.97 Å². The Balaban J connectivity index is 1.95. The van der Waals surface area contributed by atoms with Crippen molar-refractivity contribution in [3.05, 3.63) is 30.5 Å². The van der Waals surface area contributed by atoms with Crippen LogP contribution in [0.3, 0.4) is 0 Å². The number of rotatable bonds is 5. The smallest absolute Gasteiger partial charge is 0.325 e. The highest BCUT2D eigenvalue weighted by Crippen LogP contribution is 2.33. The number of hydrogen-bond donors (Lipinski definition) is 0. The Bertz CT molecular complexity index is 620. The van der Waals surface area contributed by atoms with Gasteiger partial charge in [-0.1, -0.05) is 24.3 Å². The molecule has 0 saturated heterocycles. The van der Waals surface area contributed by atoms with Crippen molar-refractivity contribution in [1.82, 2.24) is 10.2 Å². The molecule has 0 atom stereocenters. The van der Waals surface area contributed by atoms with E-state index < -0.39 is 0 Å². The van der Waals surface area contributed by atoms with Crippen LogP contribution in [0, 0.1) is 0 Å². The van der Waals surface area contributed by atoms with Gasteiger partial charge in [-0.25, -0.2) is 0 Å². The molecule has 5 heteroatoms. The van der Waals surface area contributed by atoms with Crippen LogP contribution in [0.4, 0.5) is 5.82 Å². The van der Waals surface area contributed by atoms with Gasteiger partial charge in [-0.15, -0.1) is 5.10 Å². The summed E-state index contributed by atoms with van der Waals surface area (Å²) in [7, 11) is 0. The van der Waals surface area contributed by atoms with Gasteiger partial charge in [0.15, 0.2) is 5.82 Å². The lowest BCUT2D eigenvalue weighted by atomic mass is 10.2. The zero-order chi connectivity index (χ0) is 13.9. The fourth-order valence-corrected chi connectivity index (χ4v) is 2.33. The molecular weight excluding hydrogens is 254 g/mol. The summed E-state index contributed by atoms with van der Waals surface area (Å²) >= 11 is 0. The Kier molecular flexibility index (Phi) is 3.50. The summed E-state index contributed by atoms with van der Waals surface area (Å²) in [5.41, 5.74) is 0. The number of esters is 1. The number of carbonyl (C=O) groups excluding carboxylic acids is 1. The molecule has 0 aliphatic heterocycles. The van der Waals surface area contributed by atoms with E-state index in [0.29, 0.717) is 12.6 Å². The maximum atomic E-state index is 11.8. The molecule has 1 aliphatic rings. The molecule has 1 aliphatic carbocycles. The lowest BCUT2D eigenvalue weighted by molar-refractivity contribution is -0.141. The second-order valence-corrected chi connectivity index (χ2v) is 4.92. The number of benzene rings is 1. The standard InChI is InChI=1S/C15H17N3O2/c1-2-20-14(19)10-18(12-7-8-12)15-13-6-4-3-5-11(13)9-16-17-15/h3-6,9,12H,2,7-8,10H2,1H3. The normalized spacial score (nSPS) is 14.2. The summed E-state index contributed by atoms with van der Waals surface area (Å²) in [5.74, 6) is 0.563. The predicted molar refractivity (Wildman–Crippen MR) is 76.5 cm³/mol. The number of anilines is 1. The van der Waals surface area contributed by atoms with Crippen LogP contribution in [0.15, 0.2) is 30.5 Å². The summed E-state index contributed by atoms with van der Waals surface area (Å²) in [6.45, 7) is 2.46. The zero-order valence-electron chi connectivity index (χ0n) is 11.5. The molecule has 0 unspecified atom stereocenters. The van der Waals surface area contributed by atoms with Crippen LogP contribution in [0.1, 0.15) is 19.8 Å². The predicted octanol–water partition coefficient (Wildman–Crippen LogP) is 2.16. The largest absolute Gasteiger partial charge is 0.465 e. The van der Waals surface area contributed by atoms with Gasteiger partial charge in [0.05, 0.1) is 12.8 Å². The molecule has 2 aromatic rings. The van der Waals surface area contributed by atoms with Crippen molar-refractivity contribution < 1.29 is 9.53 Å². The summed E-state index contributed by atoms with van der Waals surface area (Å²) in [4.78, 5) is 13.8. The first-order chi connectivity index (χ1) is 9.79. The highest BCUT2D eigenvalue weighted by Gasteiger charge is 2.32. The molecule has 0 spiro atoms. The topological polar surface area (TPSA) is 55.3 Å². The van der Waals surface area contributed by atoms with Crippen molar-refractivity contribution in [3.8, 4) is 0 Å². The summed E-state index contributed by atoms with van der Waals surface area (Å²) in [5, 5.41) is 10.4. The SMILES string of the molecule is CCOC(=O)CN(c1nncc2ccccc12)C1CC1. The van der Waals surface area contributed by atoms with Gasteiger partial charge in [0.25, 0.3) is 0 Å². The van der Waals surface area contributed by atoms with Gasteiger partial charge in [-0.2, -0.15) is 5.10 Å². The van der Waals surface area contributed by atoms with Gasteiger partial charge in [0, 0.05) is 16.8 Å². The zero-order valence-corrected chi connectivity index (χ0v) is 11.5. The Hall–Kier alpha value is -2.17. The summed E-state index contributed by atoms with van der Waals surface area (Å²) in [6.07, 6.45) is 3.92. The lowest BCUT2D eigenvalue weighted by Gasteiger charge is -2.23. The molecule has 104 valence electrons. The molecule has 1 aromatic carbocycles. The van der Waals surface area contributed by atoms with E-state index >= 15 is 0 Å². The van der Waals surface area contributed by atoms with Crippen molar-refractivity contribution in [3.63, 3.8) is 0 Å². The van der Waals surface area contributed by atoms with E-state index in [1.54, 1.807) is 6.20 Å². The average molecular weight is 271 g/mol. The highest BCUT2D eigenvalue weighted by atomic mass is 16.5. The molecule has 0 N–H and O–H groups in total. The molecule has 1 saturated carbocycles. The van der Waals surface area contributed by atoms with E-state index in [2.05, 4.69) is 10.2 Å². The molecule has 0 amide bonds. The number of hydrogen-bond acceptors (Lipinski definition) is 5. The number of ether oxygens (including phenoxy) is 1. The van der Waals surface area contributed by atoms with Crippen LogP contribution in [0.5, 0.6) is 0 Å². The molecule has 3 rings (SSSR count). The number of fused-ring (bicyclic) bond motifs is 1. The Morgan fingerprint density at radius 2 is 2.20 bits per heavy atom. The maximum absolute atomic E-state index is 11.8. The third kappa shape index (κ3) is 2.57. The average Bonchev–Trinajstić information content (AvgIpc) is 3.29. The van der Waals surface area contributed by atoms with E-state index in [1.165, 1.54) is 0 Å². The van der Waals surface area contributed by atoms with E-state index in [1.807, 2.05) is 36.1 Å². The third-order valence-electron chi connectivity index (χ3n) is 3.42. The van der Waals surface area contributed by atoms with E-state index in [0.717, 1.165) is 29.4 Å². The Morgan fingerprint density at radius 3 is 2.95 bits per heavy atom. The molecule has 0 bridgehead atoms. The van der Waals surface area contributed by atoms with Gasteiger partial charge < -0.3 is 9.64 Å². The lowest BCUT2D eigenvalue weighted by Crippen LogP contribution is -2.33. The van der Waals surface area contributed by atoms with Crippen molar-refractivity contribution in [1.29, 1.82) is 0 Å². The molecule has 20 heavy (non-hydrogen) atoms. The van der Waals surface area contributed by atoms with Crippen LogP contribution in [-0.2, 0) is 9.53 Å². The van der Waals surface area contributed by atoms with Gasteiger partial charge in [0.2, 0.25) is 0 Å². The minimum Gasteiger partial charge on any atom is -0.465 e. The fraction of sp³-hybridized carbons (Fsp3) is 0.400. The molecular formula is C15H17N3O2. The van der Waals surface area contributed by atoms with Crippen LogP contribution in [0.25, 0.3) is 10.8 Å². The van der Waals surface area contributed by atoms with Gasteiger partial charge in [-0.3, -0.25) is 4.79 Å². The number of aromatic nitrogens is 2. The first-order valence-corrected chi connectivity index (χ1v) is 6.92. The molecule has 5 nitrogen and oxygen atoms in total. The van der Waals surface area contributed by atoms with E-state index in [-0.39, 0.29) is 12.5 Å². The Labute approximate surface area is 117 Å². The van der Waals surface area contributed by atoms with Crippen LogP contribution in [0.2, 0.25) is 0 Å². The van der Waals surface area contributed by atoms with Crippen molar-refractivity contribution >= 4 is 22.6 Å². The van der Waals surface area contributed by atoms with Gasteiger partial charge in [0.1, 0.15) is 6.54 Å². The van der Waals surface area contributed by atoms with E-state index in [9.17, 15) is 4.79 Å². The quantitative estimate of drug-likeness (QED) is 0.780. The number of carbonyl (C=O) groups is 1. The highest BCUT2D eigenvalue weighted by molar-refractivity contribution is 5.92. The van der Waals surface area contributed by atoms with Crippen molar-refractivity contribution in [2.24, 2.45) is 0 Å². The number of nitrogens with zero attached hydrogens (tertiary/aromatic N) is 3. The van der Waals surface area contributed by atoms with Crippen molar-refractivity contribution in [2.45, 2.75) is 25.8 Å². The van der Waals surface area contributed by atoms with E-state index in [4.69, 9.17) is 4.74 Å². The second kappa shape index (κ2) is 5.45. The Morgan fingerprint density at radius 1 is 1.40 bits per heavy atom. The maximum Gasteiger partial charge on any atom is 0.325 e. The molecule has 1 heterocycles. The van der Waals surface area contributed by atoms with Crippen LogP contribution >= 0.6 is 0 Å². The molecule has 1 fully saturated rings. The molecule has 1 aromatic heterocycles. The van der Waals surface area contributed by atoms with Crippen LogP contribution in [-0.4, -0.2) is 35.4 Å². The molecule has 0 radical (unpaired) electrons. The van der Waals surface area contributed by atoms with Gasteiger partial charge in [-0.05, 0) is 19.8 Å².